The number of hydrogen-bond donors (Lipinski definition) is 2. The Morgan fingerprint density at radius 1 is 1.22 bits per heavy atom. The maximum absolute atomic E-state index is 12.5. The van der Waals surface area contributed by atoms with Crippen LogP contribution in [-0.4, -0.2) is 32.1 Å². The van der Waals surface area contributed by atoms with Crippen molar-refractivity contribution in [3.05, 3.63) is 23.8 Å². The fraction of sp³-hybridized carbons (Fsp3) is 0.455. The fourth-order valence-electron chi connectivity index (χ4n) is 1.34. The highest BCUT2D eigenvalue weighted by Gasteiger charge is 2.31. The highest BCUT2D eigenvalue weighted by molar-refractivity contribution is 5.85. The summed E-state index contributed by atoms with van der Waals surface area (Å²) in [4.78, 5) is 1.93. The van der Waals surface area contributed by atoms with Crippen LogP contribution < -0.4 is 11.1 Å². The van der Waals surface area contributed by atoms with Crippen molar-refractivity contribution in [2.75, 3.05) is 38.2 Å². The molecule has 3 nitrogen and oxygen atoms in total. The summed E-state index contributed by atoms with van der Waals surface area (Å²) < 4.78 is 37.5. The second-order valence-electron chi connectivity index (χ2n) is 4.07. The Labute approximate surface area is 111 Å². The van der Waals surface area contributed by atoms with Crippen molar-refractivity contribution in [1.82, 2.24) is 4.90 Å². The summed E-state index contributed by atoms with van der Waals surface area (Å²) in [6.45, 7) is 1.30. The van der Waals surface area contributed by atoms with Crippen LogP contribution in [0.2, 0.25) is 0 Å². The normalized spacial score (nSPS) is 11.2. The molecule has 0 heterocycles. The highest BCUT2D eigenvalue weighted by atomic mass is 35.5. The second kappa shape index (κ2) is 6.70. The van der Waals surface area contributed by atoms with Gasteiger partial charge in [-0.1, -0.05) is 0 Å². The average molecular weight is 284 g/mol. The minimum Gasteiger partial charge on any atom is -0.399 e. The SMILES string of the molecule is CN(C)CCNc1cc(N)cc(C(F)(F)F)c1.Cl. The van der Waals surface area contributed by atoms with Crippen molar-refractivity contribution in [1.29, 1.82) is 0 Å². The number of anilines is 2. The molecule has 1 aromatic carbocycles. The Balaban J connectivity index is 0.00000289. The Morgan fingerprint density at radius 2 is 1.83 bits per heavy atom. The van der Waals surface area contributed by atoms with E-state index in [2.05, 4.69) is 5.32 Å². The number of likely N-dealkylation sites (N-methyl/N-ethyl adjacent to an activating group) is 1. The maximum Gasteiger partial charge on any atom is 0.416 e. The largest absolute Gasteiger partial charge is 0.416 e. The smallest absolute Gasteiger partial charge is 0.399 e. The van der Waals surface area contributed by atoms with Crippen molar-refractivity contribution in [3.8, 4) is 0 Å². The van der Waals surface area contributed by atoms with Crippen molar-refractivity contribution >= 4 is 23.8 Å². The molecule has 0 amide bonds. The molecule has 3 N–H and O–H groups in total. The van der Waals surface area contributed by atoms with E-state index in [1.54, 1.807) is 0 Å². The first-order valence-electron chi connectivity index (χ1n) is 5.15. The molecule has 0 spiro atoms. The quantitative estimate of drug-likeness (QED) is 0.835. The first-order chi connectivity index (χ1) is 7.79. The van der Waals surface area contributed by atoms with Crippen molar-refractivity contribution in [2.24, 2.45) is 0 Å². The summed E-state index contributed by atoms with van der Waals surface area (Å²) in [6.07, 6.45) is -4.37. The van der Waals surface area contributed by atoms with E-state index in [4.69, 9.17) is 5.73 Å². The van der Waals surface area contributed by atoms with Gasteiger partial charge in [-0.3, -0.25) is 0 Å². The van der Waals surface area contributed by atoms with Gasteiger partial charge in [-0.2, -0.15) is 13.2 Å². The van der Waals surface area contributed by atoms with Crippen molar-refractivity contribution in [2.45, 2.75) is 6.18 Å². The standard InChI is InChI=1S/C11H16F3N3.ClH/c1-17(2)4-3-16-10-6-8(11(12,13)14)5-9(15)7-10;/h5-7,16H,3-4,15H2,1-2H3;1H. The molecular formula is C11H17ClF3N3. The number of nitrogens with two attached hydrogens (primary N) is 1. The van der Waals surface area contributed by atoms with Gasteiger partial charge in [0.25, 0.3) is 0 Å². The predicted molar refractivity (Wildman–Crippen MR) is 70.1 cm³/mol. The molecule has 0 saturated heterocycles. The molecule has 7 heteroatoms. The van der Waals surface area contributed by atoms with Crippen LogP contribution in [0, 0.1) is 0 Å². The minimum atomic E-state index is -4.37. The number of nitrogens with zero attached hydrogens (tertiary/aromatic N) is 1. The third-order valence-corrected chi connectivity index (χ3v) is 2.17. The van der Waals surface area contributed by atoms with E-state index < -0.39 is 11.7 Å². The fourth-order valence-corrected chi connectivity index (χ4v) is 1.34. The van der Waals surface area contributed by atoms with Crippen LogP contribution in [0.25, 0.3) is 0 Å². The zero-order valence-electron chi connectivity index (χ0n) is 10.2. The molecule has 0 aliphatic carbocycles. The van der Waals surface area contributed by atoms with Gasteiger partial charge in [0.05, 0.1) is 5.56 Å². The number of nitrogens with one attached hydrogen (secondary N) is 1. The van der Waals surface area contributed by atoms with Crippen LogP contribution in [0.3, 0.4) is 0 Å². The molecule has 104 valence electrons. The van der Waals surface area contributed by atoms with Gasteiger partial charge >= 0.3 is 6.18 Å². The summed E-state index contributed by atoms with van der Waals surface area (Å²) in [5.41, 5.74) is 5.20. The number of nitrogen functional groups attached to an aromatic ring is 1. The van der Waals surface area contributed by atoms with Gasteiger partial charge in [0.2, 0.25) is 0 Å². The number of benzene rings is 1. The van der Waals surface area contributed by atoms with E-state index >= 15 is 0 Å². The van der Waals surface area contributed by atoms with E-state index in [0.717, 1.165) is 18.7 Å². The maximum atomic E-state index is 12.5. The third-order valence-electron chi connectivity index (χ3n) is 2.17. The lowest BCUT2D eigenvalue weighted by Gasteiger charge is -2.14. The molecule has 1 rings (SSSR count). The number of hydrogen-bond acceptors (Lipinski definition) is 3. The predicted octanol–water partition coefficient (Wildman–Crippen LogP) is 2.68. The molecule has 0 aliphatic rings. The molecule has 0 aliphatic heterocycles. The zero-order valence-corrected chi connectivity index (χ0v) is 11.0. The van der Waals surface area contributed by atoms with Crippen LogP contribution in [0.4, 0.5) is 24.5 Å². The van der Waals surface area contributed by atoms with Gasteiger partial charge in [-0.05, 0) is 32.3 Å². The number of rotatable bonds is 4. The van der Waals surface area contributed by atoms with E-state index in [-0.39, 0.29) is 18.1 Å². The Hall–Kier alpha value is -1.14. The van der Waals surface area contributed by atoms with Gasteiger partial charge in [0.15, 0.2) is 0 Å². The molecule has 0 bridgehead atoms. The second-order valence-corrected chi connectivity index (χ2v) is 4.07. The summed E-state index contributed by atoms with van der Waals surface area (Å²) in [7, 11) is 3.78. The van der Waals surface area contributed by atoms with Gasteiger partial charge < -0.3 is 16.0 Å². The van der Waals surface area contributed by atoms with E-state index in [1.165, 1.54) is 6.07 Å². The Morgan fingerprint density at radius 3 is 2.33 bits per heavy atom. The summed E-state index contributed by atoms with van der Waals surface area (Å²) in [5, 5.41) is 2.91. The zero-order chi connectivity index (χ0) is 13.1. The topological polar surface area (TPSA) is 41.3 Å². The number of halogens is 4. The lowest BCUT2D eigenvalue weighted by atomic mass is 10.1. The molecule has 0 atom stereocenters. The molecule has 0 radical (unpaired) electrons. The number of alkyl halides is 3. The Kier molecular flexibility index (Phi) is 6.28. The van der Waals surface area contributed by atoms with Crippen LogP contribution in [-0.2, 0) is 6.18 Å². The van der Waals surface area contributed by atoms with Crippen LogP contribution in [0.15, 0.2) is 18.2 Å². The molecule has 18 heavy (non-hydrogen) atoms. The summed E-state index contributed by atoms with van der Waals surface area (Å²) >= 11 is 0. The molecule has 1 aromatic rings. The van der Waals surface area contributed by atoms with E-state index in [9.17, 15) is 13.2 Å². The van der Waals surface area contributed by atoms with Crippen molar-refractivity contribution < 1.29 is 13.2 Å². The van der Waals surface area contributed by atoms with Crippen LogP contribution >= 0.6 is 12.4 Å². The van der Waals surface area contributed by atoms with Crippen LogP contribution in [0.5, 0.6) is 0 Å². The van der Waals surface area contributed by atoms with Gasteiger partial charge in [0.1, 0.15) is 0 Å². The Bertz CT molecular complexity index is 380. The molecular weight excluding hydrogens is 267 g/mol. The third kappa shape index (κ3) is 5.46. The molecule has 0 unspecified atom stereocenters. The van der Waals surface area contributed by atoms with E-state index in [0.29, 0.717) is 12.2 Å². The monoisotopic (exact) mass is 283 g/mol. The summed E-state index contributed by atoms with van der Waals surface area (Å²) in [6, 6.07) is 3.48. The van der Waals surface area contributed by atoms with Gasteiger partial charge in [0, 0.05) is 24.5 Å². The lowest BCUT2D eigenvalue weighted by Crippen LogP contribution is -2.21. The van der Waals surface area contributed by atoms with Gasteiger partial charge in [-0.15, -0.1) is 12.4 Å². The van der Waals surface area contributed by atoms with Crippen molar-refractivity contribution in [3.63, 3.8) is 0 Å². The molecule has 0 fully saturated rings. The molecule has 0 saturated carbocycles. The molecule has 0 aromatic heterocycles. The minimum absolute atomic E-state index is 0. The highest BCUT2D eigenvalue weighted by Crippen LogP contribution is 2.32. The first-order valence-corrected chi connectivity index (χ1v) is 5.15. The van der Waals surface area contributed by atoms with Crippen LogP contribution in [0.1, 0.15) is 5.56 Å². The average Bonchev–Trinajstić information content (AvgIpc) is 2.14. The lowest BCUT2D eigenvalue weighted by molar-refractivity contribution is -0.137. The first kappa shape index (κ1) is 16.9. The van der Waals surface area contributed by atoms with Gasteiger partial charge in [-0.25, -0.2) is 0 Å². The summed E-state index contributed by atoms with van der Waals surface area (Å²) in [5.74, 6) is 0. The van der Waals surface area contributed by atoms with E-state index in [1.807, 2.05) is 19.0 Å².